The molecule has 0 aliphatic carbocycles. The summed E-state index contributed by atoms with van der Waals surface area (Å²) in [6.45, 7) is 4.14. The Morgan fingerprint density at radius 3 is 1.30 bits per heavy atom. The molecule has 47 heavy (non-hydrogen) atoms. The van der Waals surface area contributed by atoms with Crippen molar-refractivity contribution in [3.63, 3.8) is 0 Å². The monoisotopic (exact) mass is 612 g/mol. The van der Waals surface area contributed by atoms with E-state index in [0.717, 1.165) is 79.4 Å². The van der Waals surface area contributed by atoms with E-state index >= 15 is 0 Å². The fraction of sp³-hybridized carbons (Fsp3) is 0.0500. The normalized spacial score (nSPS) is 12.7. The van der Waals surface area contributed by atoms with Crippen LogP contribution >= 0.6 is 0 Å². The fourth-order valence-corrected chi connectivity index (χ4v) is 6.47. The molecule has 0 spiro atoms. The number of fused-ring (bicyclic) bond motifs is 4. The lowest BCUT2D eigenvalue weighted by Crippen LogP contribution is -2.15. The zero-order valence-corrected chi connectivity index (χ0v) is 25.7. The third-order valence-corrected chi connectivity index (χ3v) is 8.70. The Bertz CT molecular complexity index is 2080. The molecule has 7 aromatic rings. The van der Waals surface area contributed by atoms with Crippen LogP contribution in [-0.2, 0) is 0 Å². The number of benzene rings is 6. The highest BCUT2D eigenvalue weighted by atomic mass is 16.5. The SMILES string of the molecule is Cc1cc(N2c3ccccc3Oc3ccccc32)ccc1-c1noc(-c2ccc(N3c4ccccc4Oc4ccccc43)cc2C)n1. The number of anilines is 6. The molecule has 0 saturated carbocycles. The standard InChI is InChI=1S/C40H28N4O3/c1-25-23-27(43-31-11-3-7-15-35(31)45-36-16-8-4-12-32(36)43)19-21-29(25)39-41-40(47-42-39)30-22-20-28(24-26(30)2)44-33-13-5-9-17-37(33)46-38-18-10-6-14-34(38)44/h3-24H,1-2H3. The second-order valence-corrected chi connectivity index (χ2v) is 11.7. The Labute approximate surface area is 271 Å². The minimum absolute atomic E-state index is 0.478. The number of aryl methyl sites for hydroxylation is 2. The van der Waals surface area contributed by atoms with Crippen LogP contribution in [0, 0.1) is 13.8 Å². The van der Waals surface area contributed by atoms with Crippen molar-refractivity contribution in [2.75, 3.05) is 9.80 Å². The number of rotatable bonds is 4. The van der Waals surface area contributed by atoms with Crippen molar-refractivity contribution in [1.82, 2.24) is 10.1 Å². The van der Waals surface area contributed by atoms with Gasteiger partial charge in [0.1, 0.15) is 0 Å². The molecule has 3 heterocycles. The van der Waals surface area contributed by atoms with Gasteiger partial charge in [-0.25, -0.2) is 0 Å². The van der Waals surface area contributed by atoms with E-state index in [4.69, 9.17) is 19.0 Å². The van der Waals surface area contributed by atoms with E-state index in [1.54, 1.807) is 0 Å². The van der Waals surface area contributed by atoms with Gasteiger partial charge in [-0.15, -0.1) is 0 Å². The number of para-hydroxylation sites is 8. The van der Waals surface area contributed by atoms with Crippen molar-refractivity contribution in [1.29, 1.82) is 0 Å². The first-order chi connectivity index (χ1) is 23.1. The van der Waals surface area contributed by atoms with Crippen LogP contribution in [0.25, 0.3) is 22.8 Å². The van der Waals surface area contributed by atoms with E-state index in [0.29, 0.717) is 11.7 Å². The average Bonchev–Trinajstić information content (AvgIpc) is 3.59. The van der Waals surface area contributed by atoms with Crippen LogP contribution in [0.3, 0.4) is 0 Å². The Balaban J connectivity index is 1.04. The van der Waals surface area contributed by atoms with Crippen LogP contribution < -0.4 is 19.3 Å². The lowest BCUT2D eigenvalue weighted by Gasteiger charge is -2.33. The third kappa shape index (κ3) is 4.43. The molecule has 0 unspecified atom stereocenters. The highest BCUT2D eigenvalue weighted by Crippen LogP contribution is 2.52. The molecule has 0 radical (unpaired) electrons. The molecule has 2 aliphatic heterocycles. The summed E-state index contributed by atoms with van der Waals surface area (Å²) in [5.41, 5.74) is 9.85. The van der Waals surface area contributed by atoms with Gasteiger partial charge in [-0.2, -0.15) is 4.98 Å². The van der Waals surface area contributed by atoms with Crippen LogP contribution in [-0.4, -0.2) is 10.1 Å². The smallest absolute Gasteiger partial charge is 0.258 e. The number of ether oxygens (including phenoxy) is 2. The van der Waals surface area contributed by atoms with Crippen LogP contribution in [0.2, 0.25) is 0 Å². The maximum absolute atomic E-state index is 6.20. The van der Waals surface area contributed by atoms with Crippen LogP contribution in [0.1, 0.15) is 11.1 Å². The lowest BCUT2D eigenvalue weighted by molar-refractivity contribution is 0.432. The van der Waals surface area contributed by atoms with Crippen LogP contribution in [0.4, 0.5) is 34.1 Å². The van der Waals surface area contributed by atoms with Gasteiger partial charge in [0.15, 0.2) is 23.0 Å². The summed E-state index contributed by atoms with van der Waals surface area (Å²) in [6.07, 6.45) is 0. The van der Waals surface area contributed by atoms with E-state index in [-0.39, 0.29) is 0 Å². The number of aromatic nitrogens is 2. The van der Waals surface area contributed by atoms with Gasteiger partial charge in [0.25, 0.3) is 5.89 Å². The molecule has 1 aromatic heterocycles. The third-order valence-electron chi connectivity index (χ3n) is 8.70. The summed E-state index contributed by atoms with van der Waals surface area (Å²) in [7, 11) is 0. The highest BCUT2D eigenvalue weighted by molar-refractivity contribution is 5.88. The Kier molecular flexibility index (Phi) is 6.11. The van der Waals surface area contributed by atoms with Gasteiger partial charge in [-0.05, 0) is 110 Å². The minimum atomic E-state index is 0.478. The first kappa shape index (κ1) is 27.0. The summed E-state index contributed by atoms with van der Waals surface area (Å²) < 4.78 is 18.3. The maximum Gasteiger partial charge on any atom is 0.258 e. The van der Waals surface area contributed by atoms with E-state index in [1.165, 1.54) is 0 Å². The largest absolute Gasteiger partial charge is 0.453 e. The molecule has 7 heteroatoms. The number of hydrogen-bond donors (Lipinski definition) is 0. The summed E-state index contributed by atoms with van der Waals surface area (Å²) in [5.74, 6) is 4.30. The summed E-state index contributed by atoms with van der Waals surface area (Å²) >= 11 is 0. The minimum Gasteiger partial charge on any atom is -0.453 e. The molecule has 0 bridgehead atoms. The van der Waals surface area contributed by atoms with Crippen molar-refractivity contribution >= 4 is 34.1 Å². The van der Waals surface area contributed by atoms with Crippen molar-refractivity contribution in [2.45, 2.75) is 13.8 Å². The van der Waals surface area contributed by atoms with E-state index in [2.05, 4.69) is 83.4 Å². The summed E-state index contributed by atoms with van der Waals surface area (Å²) in [6, 6.07) is 44.9. The predicted octanol–water partition coefficient (Wildman–Crippen LogP) is 11.2. The van der Waals surface area contributed by atoms with Crippen molar-refractivity contribution in [3.8, 4) is 45.8 Å². The van der Waals surface area contributed by atoms with Crippen molar-refractivity contribution < 1.29 is 14.0 Å². The molecular weight excluding hydrogens is 584 g/mol. The molecule has 226 valence electrons. The Hall–Kier alpha value is -6.34. The topological polar surface area (TPSA) is 63.9 Å². The summed E-state index contributed by atoms with van der Waals surface area (Å²) in [5, 5.41) is 4.40. The maximum atomic E-state index is 6.20. The van der Waals surface area contributed by atoms with Gasteiger partial charge in [0.2, 0.25) is 5.82 Å². The molecule has 0 N–H and O–H groups in total. The average molecular weight is 613 g/mol. The second-order valence-electron chi connectivity index (χ2n) is 11.7. The quantitative estimate of drug-likeness (QED) is 0.196. The van der Waals surface area contributed by atoms with Crippen molar-refractivity contribution in [2.24, 2.45) is 0 Å². The molecule has 0 amide bonds. The van der Waals surface area contributed by atoms with Crippen LogP contribution in [0.5, 0.6) is 23.0 Å². The molecule has 6 aromatic carbocycles. The van der Waals surface area contributed by atoms with Crippen LogP contribution in [0.15, 0.2) is 138 Å². The molecule has 9 rings (SSSR count). The predicted molar refractivity (Wildman–Crippen MR) is 184 cm³/mol. The Morgan fingerprint density at radius 1 is 0.468 bits per heavy atom. The highest BCUT2D eigenvalue weighted by Gasteiger charge is 2.27. The fourth-order valence-electron chi connectivity index (χ4n) is 6.47. The molecule has 0 fully saturated rings. The van der Waals surface area contributed by atoms with Gasteiger partial charge in [-0.3, -0.25) is 0 Å². The van der Waals surface area contributed by atoms with E-state index < -0.39 is 0 Å². The first-order valence-electron chi connectivity index (χ1n) is 15.5. The molecule has 0 saturated heterocycles. The van der Waals surface area contributed by atoms with Gasteiger partial charge < -0.3 is 23.8 Å². The van der Waals surface area contributed by atoms with Gasteiger partial charge >= 0.3 is 0 Å². The lowest BCUT2D eigenvalue weighted by atomic mass is 10.0. The zero-order chi connectivity index (χ0) is 31.5. The second kappa shape index (κ2) is 10.6. The van der Waals surface area contributed by atoms with Gasteiger partial charge in [0, 0.05) is 22.5 Å². The molecule has 2 aliphatic rings. The van der Waals surface area contributed by atoms with Gasteiger partial charge in [0.05, 0.1) is 22.7 Å². The Morgan fingerprint density at radius 2 is 0.872 bits per heavy atom. The first-order valence-corrected chi connectivity index (χ1v) is 15.5. The van der Waals surface area contributed by atoms with E-state index in [1.807, 2.05) is 78.9 Å². The molecule has 0 atom stereocenters. The van der Waals surface area contributed by atoms with E-state index in [9.17, 15) is 0 Å². The zero-order valence-electron chi connectivity index (χ0n) is 25.7. The summed E-state index contributed by atoms with van der Waals surface area (Å²) in [4.78, 5) is 9.30. The molecular formula is C40H28N4O3. The molecule has 7 nitrogen and oxygen atoms in total. The number of nitrogens with zero attached hydrogens (tertiary/aromatic N) is 4. The number of hydrogen-bond acceptors (Lipinski definition) is 7. The van der Waals surface area contributed by atoms with Crippen molar-refractivity contribution in [3.05, 3.63) is 145 Å². The van der Waals surface area contributed by atoms with Gasteiger partial charge in [-0.1, -0.05) is 53.7 Å².